The number of para-hydroxylation sites is 1. The summed E-state index contributed by atoms with van der Waals surface area (Å²) in [6.45, 7) is 0. The van der Waals surface area contributed by atoms with Gasteiger partial charge in [0.2, 0.25) is 0 Å². The van der Waals surface area contributed by atoms with Crippen molar-refractivity contribution in [2.24, 2.45) is 0 Å². The number of Topliss-reactive ketones (excluding diaryl/α,β-unsaturated/α-hetero) is 1. The Kier molecular flexibility index (Phi) is 5.24. The molecule has 126 valence electrons. The number of nitro benzene ring substituents is 1. The molecule has 3 aromatic rings. The van der Waals surface area contributed by atoms with Crippen LogP contribution in [0.2, 0.25) is 0 Å². The minimum atomic E-state index is -0.528. The molecule has 0 N–H and O–H groups in total. The summed E-state index contributed by atoms with van der Waals surface area (Å²) >= 11 is 7.07. The van der Waals surface area contributed by atoms with Crippen molar-refractivity contribution in [1.29, 1.82) is 0 Å². The van der Waals surface area contributed by atoms with E-state index in [4.69, 9.17) is 0 Å². The smallest absolute Gasteiger partial charge is 0.269 e. The van der Waals surface area contributed by atoms with E-state index in [9.17, 15) is 14.9 Å². The van der Waals surface area contributed by atoms with Gasteiger partial charge in [-0.15, -0.1) is 0 Å². The number of pyridine rings is 1. The van der Waals surface area contributed by atoms with E-state index >= 15 is 0 Å². The summed E-state index contributed by atoms with van der Waals surface area (Å²) in [4.78, 5) is 26.5. The van der Waals surface area contributed by atoms with E-state index in [2.05, 4.69) is 36.8 Å². The predicted octanol–water partition coefficient (Wildman–Crippen LogP) is 5.23. The Morgan fingerprint density at radius 2 is 1.72 bits per heavy atom. The molecule has 7 heteroatoms. The summed E-state index contributed by atoms with van der Waals surface area (Å²) in [5.74, 6) is -0.155. The van der Waals surface area contributed by atoms with Crippen molar-refractivity contribution in [2.75, 3.05) is 0 Å². The number of nitrogens with zero attached hydrogens (tertiary/aromatic N) is 2. The van der Waals surface area contributed by atoms with Crippen molar-refractivity contribution in [3.05, 3.63) is 82.0 Å². The number of nitro groups is 1. The van der Waals surface area contributed by atoms with Crippen LogP contribution in [-0.2, 0) is 0 Å². The summed E-state index contributed by atoms with van der Waals surface area (Å²) in [5.41, 5.74) is 2.17. The number of carbonyl (C=O) groups excluding carboxylic acids is 1. The zero-order valence-corrected chi connectivity index (χ0v) is 16.0. The van der Waals surface area contributed by atoms with Crippen LogP contribution in [-0.4, -0.2) is 20.5 Å². The Hall–Kier alpha value is -2.12. The van der Waals surface area contributed by atoms with Crippen LogP contribution < -0.4 is 0 Å². The highest BCUT2D eigenvalue weighted by Crippen LogP contribution is 2.36. The molecule has 0 aliphatic heterocycles. The lowest BCUT2D eigenvalue weighted by Gasteiger charge is -2.18. The number of rotatable bonds is 5. The molecule has 0 spiro atoms. The van der Waals surface area contributed by atoms with Gasteiger partial charge in [0.05, 0.1) is 20.1 Å². The van der Waals surface area contributed by atoms with E-state index in [1.54, 1.807) is 6.20 Å². The first-order valence-electron chi connectivity index (χ1n) is 7.39. The molecule has 5 nitrogen and oxygen atoms in total. The van der Waals surface area contributed by atoms with E-state index in [1.807, 2.05) is 30.3 Å². The molecule has 0 aliphatic carbocycles. The van der Waals surface area contributed by atoms with Gasteiger partial charge in [-0.1, -0.05) is 50.1 Å². The zero-order chi connectivity index (χ0) is 18.0. The number of alkyl halides is 2. The second-order valence-corrected chi connectivity index (χ2v) is 7.36. The fourth-order valence-corrected chi connectivity index (χ4v) is 3.74. The number of hydrogen-bond acceptors (Lipinski definition) is 4. The van der Waals surface area contributed by atoms with Crippen LogP contribution in [0.1, 0.15) is 20.7 Å². The van der Waals surface area contributed by atoms with Gasteiger partial charge in [0.1, 0.15) is 0 Å². The van der Waals surface area contributed by atoms with Gasteiger partial charge in [0, 0.05) is 29.3 Å². The van der Waals surface area contributed by atoms with E-state index in [-0.39, 0.29) is 16.3 Å². The minimum absolute atomic E-state index is 0.0433. The summed E-state index contributed by atoms with van der Waals surface area (Å²) < 4.78 is 0. The highest BCUT2D eigenvalue weighted by atomic mass is 79.9. The minimum Gasteiger partial charge on any atom is -0.293 e. The van der Waals surface area contributed by atoms with Crippen molar-refractivity contribution in [1.82, 2.24) is 4.98 Å². The molecule has 1 heterocycles. The average Bonchev–Trinajstić information content (AvgIpc) is 2.65. The third-order valence-electron chi connectivity index (χ3n) is 3.85. The highest BCUT2D eigenvalue weighted by Gasteiger charge is 2.27. The number of benzene rings is 2. The first-order valence-corrected chi connectivity index (χ1v) is 9.22. The number of halogens is 2. The molecular formula is C18H12Br2N2O3. The Labute approximate surface area is 160 Å². The lowest BCUT2D eigenvalue weighted by Crippen LogP contribution is -2.19. The van der Waals surface area contributed by atoms with E-state index in [0.717, 1.165) is 16.5 Å². The van der Waals surface area contributed by atoms with E-state index in [1.165, 1.54) is 24.3 Å². The van der Waals surface area contributed by atoms with Crippen LogP contribution in [0.3, 0.4) is 0 Å². The maximum atomic E-state index is 12.7. The van der Waals surface area contributed by atoms with Crippen LogP contribution in [0.4, 0.5) is 5.69 Å². The van der Waals surface area contributed by atoms with Crippen LogP contribution in [0.25, 0.3) is 10.9 Å². The number of non-ortho nitro benzene ring substituents is 1. The van der Waals surface area contributed by atoms with Crippen molar-refractivity contribution < 1.29 is 9.72 Å². The zero-order valence-electron chi connectivity index (χ0n) is 12.8. The monoisotopic (exact) mass is 462 g/mol. The fraction of sp³-hybridized carbons (Fsp3) is 0.111. The molecule has 0 aliphatic rings. The summed E-state index contributed by atoms with van der Waals surface area (Å²) in [5, 5.41) is 11.7. The molecule has 0 saturated heterocycles. The summed E-state index contributed by atoms with van der Waals surface area (Å²) in [6.07, 6.45) is 1.71. The second kappa shape index (κ2) is 7.41. The molecule has 3 rings (SSSR count). The maximum absolute atomic E-state index is 12.7. The van der Waals surface area contributed by atoms with Gasteiger partial charge in [-0.3, -0.25) is 19.9 Å². The van der Waals surface area contributed by atoms with Crippen LogP contribution in [0, 0.1) is 10.1 Å². The Morgan fingerprint density at radius 1 is 1.04 bits per heavy atom. The first-order chi connectivity index (χ1) is 12.0. The van der Waals surface area contributed by atoms with Crippen LogP contribution >= 0.6 is 31.9 Å². The highest BCUT2D eigenvalue weighted by molar-refractivity contribution is 9.12. The molecular weight excluding hydrogens is 452 g/mol. The number of fused-ring (bicyclic) bond motifs is 1. The average molecular weight is 464 g/mol. The predicted molar refractivity (Wildman–Crippen MR) is 104 cm³/mol. The van der Waals surface area contributed by atoms with Gasteiger partial charge in [-0.25, -0.2) is 0 Å². The third kappa shape index (κ3) is 3.62. The molecule has 0 fully saturated rings. The Balaban J connectivity index is 1.89. The summed E-state index contributed by atoms with van der Waals surface area (Å²) in [6, 6.07) is 15.2. The van der Waals surface area contributed by atoms with Gasteiger partial charge in [-0.2, -0.15) is 0 Å². The van der Waals surface area contributed by atoms with Gasteiger partial charge < -0.3 is 0 Å². The van der Waals surface area contributed by atoms with E-state index < -0.39 is 9.75 Å². The molecule has 1 aromatic heterocycles. The largest absolute Gasteiger partial charge is 0.293 e. The molecule has 2 aromatic carbocycles. The number of aromatic nitrogens is 1. The maximum Gasteiger partial charge on any atom is 0.269 e. The van der Waals surface area contributed by atoms with Crippen molar-refractivity contribution in [3.8, 4) is 0 Å². The quantitative estimate of drug-likeness (QED) is 0.225. The van der Waals surface area contributed by atoms with Crippen LogP contribution in [0.15, 0.2) is 60.8 Å². The number of hydrogen-bond donors (Lipinski definition) is 0. The lowest BCUT2D eigenvalue weighted by atomic mass is 10.00. The van der Waals surface area contributed by atoms with Gasteiger partial charge in [-0.05, 0) is 29.8 Å². The Morgan fingerprint density at radius 3 is 2.40 bits per heavy atom. The van der Waals surface area contributed by atoms with Gasteiger partial charge in [0.15, 0.2) is 5.78 Å². The van der Waals surface area contributed by atoms with Crippen LogP contribution in [0.5, 0.6) is 0 Å². The Bertz CT molecular complexity index is 939. The number of carbonyl (C=O) groups is 1. The molecule has 2 atom stereocenters. The van der Waals surface area contributed by atoms with Crippen molar-refractivity contribution in [3.63, 3.8) is 0 Å². The molecule has 0 bridgehead atoms. The number of ketones is 1. The first kappa shape index (κ1) is 17.7. The van der Waals surface area contributed by atoms with Crippen molar-refractivity contribution in [2.45, 2.75) is 9.65 Å². The molecule has 0 saturated carbocycles. The molecule has 0 amide bonds. The topological polar surface area (TPSA) is 73.1 Å². The van der Waals surface area contributed by atoms with E-state index in [0.29, 0.717) is 5.56 Å². The summed E-state index contributed by atoms with van der Waals surface area (Å²) in [7, 11) is 0. The SMILES string of the molecule is O=C(c1ccc([N+](=O)[O-])cc1)[C@@H](Br)[C@@H](Br)c1ccnc2ccccc12. The normalized spacial score (nSPS) is 13.4. The lowest BCUT2D eigenvalue weighted by molar-refractivity contribution is -0.384. The second-order valence-electron chi connectivity index (χ2n) is 5.39. The third-order valence-corrected chi connectivity index (χ3v) is 6.53. The fourth-order valence-electron chi connectivity index (χ4n) is 2.56. The van der Waals surface area contributed by atoms with Crippen molar-refractivity contribution >= 4 is 54.2 Å². The van der Waals surface area contributed by atoms with Gasteiger partial charge in [0.25, 0.3) is 5.69 Å². The van der Waals surface area contributed by atoms with Gasteiger partial charge >= 0.3 is 0 Å². The molecule has 25 heavy (non-hydrogen) atoms. The molecule has 0 unspecified atom stereocenters. The standard InChI is InChI=1S/C18H12Br2N2O3/c19-16(14-9-10-21-15-4-2-1-3-13(14)15)17(20)18(23)11-5-7-12(8-6-11)22(24)25/h1-10,16-17H/t16-,17-/m0/s1. The molecule has 0 radical (unpaired) electrons.